The van der Waals surface area contributed by atoms with Crippen LogP contribution in [-0.2, 0) is 15.9 Å². The van der Waals surface area contributed by atoms with E-state index in [-0.39, 0.29) is 23.8 Å². The number of hydrogen-bond acceptors (Lipinski definition) is 5. The molecule has 2 bridgehead atoms. The van der Waals surface area contributed by atoms with Crippen molar-refractivity contribution >= 4 is 23.7 Å². The predicted molar refractivity (Wildman–Crippen MR) is 136 cm³/mol. The Labute approximate surface area is 210 Å². The van der Waals surface area contributed by atoms with E-state index in [1.807, 2.05) is 49.6 Å². The lowest BCUT2D eigenvalue weighted by atomic mass is 9.76. The van der Waals surface area contributed by atoms with E-state index in [9.17, 15) is 9.59 Å². The minimum Gasteiger partial charge on any atom is -0.455 e. The third-order valence-corrected chi connectivity index (χ3v) is 8.90. The van der Waals surface area contributed by atoms with Gasteiger partial charge in [0.25, 0.3) is 0 Å². The maximum absolute atomic E-state index is 13.2. The van der Waals surface area contributed by atoms with Crippen molar-refractivity contribution in [3.8, 4) is 0 Å². The average molecular weight is 485 g/mol. The molecule has 0 spiro atoms. The molecule has 6 unspecified atom stereocenters. The Morgan fingerprint density at radius 2 is 1.37 bits per heavy atom. The number of fused-ring (bicyclic) bond motifs is 7. The van der Waals surface area contributed by atoms with Crippen LogP contribution < -0.4 is 0 Å². The molecule has 0 heterocycles. The van der Waals surface area contributed by atoms with E-state index in [0.717, 1.165) is 23.3 Å². The standard InChI is InChI=1S/C30H28O4S/c1-17-7-9-18(10-8-17)29(31)34-28-25-16-24(23-15-20-5-3-4-6-22(20)26(23)25)27(28)33-30(32)19-11-13-21(35-2)14-12-19/h3-14,23-28H,15-16H2,1-2H3. The minimum absolute atomic E-state index is 0.153. The van der Waals surface area contributed by atoms with Gasteiger partial charge in [0, 0.05) is 16.7 Å². The molecule has 3 aliphatic carbocycles. The number of rotatable bonds is 5. The molecule has 3 aromatic rings. The van der Waals surface area contributed by atoms with Gasteiger partial charge in [-0.1, -0.05) is 42.0 Å². The molecule has 3 aromatic carbocycles. The molecule has 35 heavy (non-hydrogen) atoms. The van der Waals surface area contributed by atoms with Crippen molar-refractivity contribution in [1.82, 2.24) is 0 Å². The summed E-state index contributed by atoms with van der Waals surface area (Å²) in [6.45, 7) is 1.99. The number of aryl methyl sites for hydroxylation is 1. The second-order valence-electron chi connectivity index (χ2n) is 9.99. The first-order valence-corrected chi connectivity index (χ1v) is 13.5. The molecular weight excluding hydrogens is 456 g/mol. The molecule has 0 saturated heterocycles. The molecule has 3 aliphatic rings. The summed E-state index contributed by atoms with van der Waals surface area (Å²) in [5.41, 5.74) is 4.89. The van der Waals surface area contributed by atoms with Crippen LogP contribution in [0.3, 0.4) is 0 Å². The second-order valence-corrected chi connectivity index (χ2v) is 10.9. The van der Waals surface area contributed by atoms with E-state index in [1.165, 1.54) is 11.1 Å². The van der Waals surface area contributed by atoms with Gasteiger partial charge in [-0.15, -0.1) is 11.8 Å². The van der Waals surface area contributed by atoms with E-state index in [1.54, 1.807) is 23.9 Å². The van der Waals surface area contributed by atoms with E-state index in [2.05, 4.69) is 24.3 Å². The molecule has 0 amide bonds. The Kier molecular flexibility index (Phi) is 5.68. The van der Waals surface area contributed by atoms with Crippen LogP contribution in [0.2, 0.25) is 0 Å². The number of thioether (sulfide) groups is 1. The van der Waals surface area contributed by atoms with Crippen molar-refractivity contribution in [1.29, 1.82) is 0 Å². The Balaban J connectivity index is 1.29. The Morgan fingerprint density at radius 3 is 2.03 bits per heavy atom. The van der Waals surface area contributed by atoms with Gasteiger partial charge in [0.1, 0.15) is 12.2 Å². The van der Waals surface area contributed by atoms with Crippen LogP contribution in [0.4, 0.5) is 0 Å². The Bertz CT molecular complexity index is 1270. The summed E-state index contributed by atoms with van der Waals surface area (Å²) in [6.07, 6.45) is 3.04. The lowest BCUT2D eigenvalue weighted by Gasteiger charge is -2.37. The summed E-state index contributed by atoms with van der Waals surface area (Å²) in [7, 11) is 0. The van der Waals surface area contributed by atoms with Gasteiger partial charge >= 0.3 is 11.9 Å². The number of ether oxygens (including phenoxy) is 2. The maximum atomic E-state index is 13.2. The first kappa shape index (κ1) is 22.4. The average Bonchev–Trinajstić information content (AvgIpc) is 3.54. The Morgan fingerprint density at radius 1 is 0.771 bits per heavy atom. The lowest BCUT2D eigenvalue weighted by molar-refractivity contribution is -0.0698. The largest absolute Gasteiger partial charge is 0.455 e. The first-order chi connectivity index (χ1) is 17.0. The molecular formula is C30H28O4S. The van der Waals surface area contributed by atoms with Crippen molar-refractivity contribution in [2.75, 3.05) is 6.26 Å². The van der Waals surface area contributed by atoms with Crippen molar-refractivity contribution < 1.29 is 19.1 Å². The summed E-state index contributed by atoms with van der Waals surface area (Å²) in [4.78, 5) is 27.4. The van der Waals surface area contributed by atoms with Crippen molar-refractivity contribution in [3.63, 3.8) is 0 Å². The molecule has 0 aromatic heterocycles. The fourth-order valence-corrected chi connectivity index (χ4v) is 6.98. The number of carbonyl (C=O) groups excluding carboxylic acids is 2. The zero-order valence-corrected chi connectivity index (χ0v) is 20.7. The monoisotopic (exact) mass is 484 g/mol. The normalized spacial score (nSPS) is 27.8. The fraction of sp³-hybridized carbons (Fsp3) is 0.333. The van der Waals surface area contributed by atoms with Crippen molar-refractivity contribution in [2.24, 2.45) is 17.8 Å². The molecule has 0 aliphatic heterocycles. The third-order valence-electron chi connectivity index (χ3n) is 8.15. The summed E-state index contributed by atoms with van der Waals surface area (Å²) in [5.74, 6) is 0.406. The van der Waals surface area contributed by atoms with E-state index in [0.29, 0.717) is 23.0 Å². The predicted octanol–water partition coefficient (Wildman–Crippen LogP) is 6.07. The molecule has 0 radical (unpaired) electrons. The summed E-state index contributed by atoms with van der Waals surface area (Å²) in [6, 6.07) is 23.5. The van der Waals surface area contributed by atoms with Gasteiger partial charge in [-0.2, -0.15) is 0 Å². The Hall–Kier alpha value is -3.05. The van der Waals surface area contributed by atoms with Crippen LogP contribution >= 0.6 is 11.8 Å². The molecule has 2 fully saturated rings. The van der Waals surface area contributed by atoms with Gasteiger partial charge in [0.05, 0.1) is 11.1 Å². The van der Waals surface area contributed by atoms with Gasteiger partial charge in [-0.3, -0.25) is 0 Å². The second kappa shape index (κ2) is 8.87. The van der Waals surface area contributed by atoms with Crippen LogP contribution in [0.1, 0.15) is 49.7 Å². The van der Waals surface area contributed by atoms with Crippen LogP contribution in [0.5, 0.6) is 0 Å². The number of esters is 2. The zero-order chi connectivity index (χ0) is 24.1. The third kappa shape index (κ3) is 3.86. The summed E-state index contributed by atoms with van der Waals surface area (Å²) >= 11 is 1.63. The van der Waals surface area contributed by atoms with Crippen LogP contribution in [-0.4, -0.2) is 30.4 Å². The highest BCUT2D eigenvalue weighted by molar-refractivity contribution is 7.98. The minimum atomic E-state index is -0.448. The molecule has 6 atom stereocenters. The molecule has 4 nitrogen and oxygen atoms in total. The molecule has 0 N–H and O–H groups in total. The van der Waals surface area contributed by atoms with E-state index >= 15 is 0 Å². The van der Waals surface area contributed by atoms with Crippen molar-refractivity contribution in [3.05, 3.63) is 101 Å². The lowest BCUT2D eigenvalue weighted by Crippen LogP contribution is -2.45. The summed E-state index contributed by atoms with van der Waals surface area (Å²) in [5, 5.41) is 0. The molecule has 6 rings (SSSR count). The van der Waals surface area contributed by atoms with Gasteiger partial charge in [-0.25, -0.2) is 9.59 Å². The zero-order valence-electron chi connectivity index (χ0n) is 19.8. The van der Waals surface area contributed by atoms with E-state index < -0.39 is 12.2 Å². The molecule has 178 valence electrons. The maximum Gasteiger partial charge on any atom is 0.338 e. The molecule has 5 heteroatoms. The smallest absolute Gasteiger partial charge is 0.338 e. The summed E-state index contributed by atoms with van der Waals surface area (Å²) < 4.78 is 12.3. The highest BCUT2D eigenvalue weighted by Crippen LogP contribution is 2.62. The van der Waals surface area contributed by atoms with Gasteiger partial charge < -0.3 is 9.47 Å². The van der Waals surface area contributed by atoms with Gasteiger partial charge in [0.2, 0.25) is 0 Å². The first-order valence-electron chi connectivity index (χ1n) is 12.2. The topological polar surface area (TPSA) is 52.6 Å². The van der Waals surface area contributed by atoms with Gasteiger partial charge in [0.15, 0.2) is 0 Å². The molecule has 2 saturated carbocycles. The van der Waals surface area contributed by atoms with E-state index in [4.69, 9.17) is 9.47 Å². The number of carbonyl (C=O) groups is 2. The van der Waals surface area contributed by atoms with Gasteiger partial charge in [-0.05, 0) is 85.4 Å². The van der Waals surface area contributed by atoms with Crippen LogP contribution in [0.25, 0.3) is 0 Å². The number of benzene rings is 3. The van der Waals surface area contributed by atoms with Crippen molar-refractivity contribution in [2.45, 2.75) is 42.8 Å². The highest BCUT2D eigenvalue weighted by atomic mass is 32.2. The fourth-order valence-electron chi connectivity index (χ4n) is 6.57. The number of hydrogen-bond donors (Lipinski definition) is 0. The quantitative estimate of drug-likeness (QED) is 0.325. The SMILES string of the molecule is CSc1ccc(C(=O)OC2C3CC(C2OC(=O)c2ccc(C)cc2)C2c4ccccc4CC32)cc1. The van der Waals surface area contributed by atoms with Crippen LogP contribution in [0.15, 0.2) is 77.7 Å². The van der Waals surface area contributed by atoms with Crippen LogP contribution in [0, 0.1) is 24.7 Å². The highest BCUT2D eigenvalue weighted by Gasteiger charge is 2.63.